The van der Waals surface area contributed by atoms with Crippen molar-refractivity contribution in [3.8, 4) is 0 Å². The van der Waals surface area contributed by atoms with E-state index in [2.05, 4.69) is 4.98 Å². The number of H-pyrrole nitrogens is 1. The van der Waals surface area contributed by atoms with E-state index < -0.39 is 15.1 Å². The second-order valence-electron chi connectivity index (χ2n) is 7.82. The summed E-state index contributed by atoms with van der Waals surface area (Å²) < 4.78 is 25.5. The molecule has 3 aromatic rings. The minimum absolute atomic E-state index is 0.106. The molecule has 7 heteroatoms. The van der Waals surface area contributed by atoms with Gasteiger partial charge in [0.25, 0.3) is 5.91 Å². The van der Waals surface area contributed by atoms with Gasteiger partial charge in [-0.25, -0.2) is 13.4 Å². The zero-order chi connectivity index (χ0) is 20.6. The summed E-state index contributed by atoms with van der Waals surface area (Å²) in [5.41, 5.74) is 2.16. The van der Waals surface area contributed by atoms with Gasteiger partial charge in [0.2, 0.25) is 0 Å². The average molecular weight is 412 g/mol. The lowest BCUT2D eigenvalue weighted by Crippen LogP contribution is -2.40. The lowest BCUT2D eigenvalue weighted by Gasteiger charge is -2.32. The summed E-state index contributed by atoms with van der Waals surface area (Å²) in [6, 6.07) is 14.4. The third-order valence-electron chi connectivity index (χ3n) is 5.55. The van der Waals surface area contributed by atoms with Gasteiger partial charge >= 0.3 is 0 Å². The Labute approximate surface area is 170 Å². The molecule has 2 heterocycles. The third kappa shape index (κ3) is 3.67. The Bertz CT molecular complexity index is 1120. The highest BCUT2D eigenvalue weighted by atomic mass is 32.2. The lowest BCUT2D eigenvalue weighted by molar-refractivity contribution is 0.0701. The minimum Gasteiger partial charge on any atom is -0.342 e. The van der Waals surface area contributed by atoms with Crippen molar-refractivity contribution < 1.29 is 13.2 Å². The van der Waals surface area contributed by atoms with Gasteiger partial charge in [-0.3, -0.25) is 4.79 Å². The van der Waals surface area contributed by atoms with Gasteiger partial charge in [0, 0.05) is 19.0 Å². The molecule has 2 aromatic carbocycles. The predicted octanol–water partition coefficient (Wildman–Crippen LogP) is 3.76. The average Bonchev–Trinajstić information content (AvgIpc) is 3.17. The van der Waals surface area contributed by atoms with Crippen molar-refractivity contribution in [1.82, 2.24) is 14.9 Å². The Balaban J connectivity index is 1.62. The van der Waals surface area contributed by atoms with Crippen molar-refractivity contribution in [3.63, 3.8) is 0 Å². The minimum atomic E-state index is -3.54. The number of sulfone groups is 1. The highest BCUT2D eigenvalue weighted by Crippen LogP contribution is 2.29. The Morgan fingerprint density at radius 1 is 1.14 bits per heavy atom. The van der Waals surface area contributed by atoms with E-state index in [4.69, 9.17) is 4.98 Å². The molecule has 29 heavy (non-hydrogen) atoms. The maximum Gasteiger partial charge on any atom is 0.255 e. The third-order valence-corrected chi connectivity index (χ3v) is 7.76. The first-order valence-electron chi connectivity index (χ1n) is 9.95. The van der Waals surface area contributed by atoms with Crippen molar-refractivity contribution in [3.05, 3.63) is 59.9 Å². The topological polar surface area (TPSA) is 83.1 Å². The van der Waals surface area contributed by atoms with Gasteiger partial charge in [0.15, 0.2) is 9.84 Å². The summed E-state index contributed by atoms with van der Waals surface area (Å²) >= 11 is 0. The van der Waals surface area contributed by atoms with Gasteiger partial charge in [-0.1, -0.05) is 24.3 Å². The smallest absolute Gasteiger partial charge is 0.255 e. The first-order chi connectivity index (χ1) is 13.9. The molecule has 0 aliphatic carbocycles. The number of piperidine rings is 1. The molecular formula is C22H25N3O3S. The largest absolute Gasteiger partial charge is 0.342 e. The Hall–Kier alpha value is -2.67. The van der Waals surface area contributed by atoms with E-state index in [0.29, 0.717) is 13.1 Å². The SMILES string of the molecule is CC(C)S(=O)(=O)c1ccccc1C(=O)N1CCCC(c2nc3ccccc3[nH]2)C1. The summed E-state index contributed by atoms with van der Waals surface area (Å²) in [6.07, 6.45) is 1.79. The summed E-state index contributed by atoms with van der Waals surface area (Å²) in [5, 5.41) is -0.582. The fraction of sp³-hybridized carbons (Fsp3) is 0.364. The number of imidazole rings is 1. The van der Waals surface area contributed by atoms with Crippen molar-refractivity contribution >= 4 is 26.8 Å². The molecule has 1 amide bonds. The molecule has 4 rings (SSSR count). The van der Waals surface area contributed by atoms with Gasteiger partial charge < -0.3 is 9.88 Å². The first-order valence-corrected chi connectivity index (χ1v) is 11.5. The standard InChI is InChI=1S/C22H25N3O3S/c1-15(2)29(27,28)20-12-6-3-9-17(20)22(26)25-13-7-8-16(14-25)21-23-18-10-4-5-11-19(18)24-21/h3-6,9-12,15-16H,7-8,13-14H2,1-2H3,(H,23,24). The predicted molar refractivity (Wildman–Crippen MR) is 113 cm³/mol. The Morgan fingerprint density at radius 2 is 1.86 bits per heavy atom. The van der Waals surface area contributed by atoms with Crippen LogP contribution in [0.5, 0.6) is 0 Å². The van der Waals surface area contributed by atoms with E-state index in [0.717, 1.165) is 29.7 Å². The number of aromatic amines is 1. The van der Waals surface area contributed by atoms with Crippen LogP contribution in [0.25, 0.3) is 11.0 Å². The Kier molecular flexibility index (Phi) is 5.17. The molecule has 0 radical (unpaired) electrons. The van der Waals surface area contributed by atoms with Crippen molar-refractivity contribution in [2.75, 3.05) is 13.1 Å². The van der Waals surface area contributed by atoms with Crippen LogP contribution >= 0.6 is 0 Å². The number of hydrogen-bond donors (Lipinski definition) is 1. The van der Waals surface area contributed by atoms with Crippen molar-refractivity contribution in [2.24, 2.45) is 0 Å². The monoisotopic (exact) mass is 411 g/mol. The number of likely N-dealkylation sites (tertiary alicyclic amines) is 1. The molecule has 152 valence electrons. The highest BCUT2D eigenvalue weighted by molar-refractivity contribution is 7.92. The van der Waals surface area contributed by atoms with E-state index in [1.54, 1.807) is 36.9 Å². The van der Waals surface area contributed by atoms with Crippen LogP contribution in [0, 0.1) is 0 Å². The lowest BCUT2D eigenvalue weighted by atomic mass is 9.96. The summed E-state index contributed by atoms with van der Waals surface area (Å²) in [4.78, 5) is 23.2. The second kappa shape index (κ2) is 7.63. The first kappa shape index (κ1) is 19.6. The maximum atomic E-state index is 13.3. The number of para-hydroxylation sites is 2. The van der Waals surface area contributed by atoms with Crippen LogP contribution in [0.4, 0.5) is 0 Å². The molecule has 1 aliphatic heterocycles. The fourth-order valence-corrected chi connectivity index (χ4v) is 5.10. The van der Waals surface area contributed by atoms with Crippen LogP contribution in [0.1, 0.15) is 48.8 Å². The molecule has 1 N–H and O–H groups in total. The Morgan fingerprint density at radius 3 is 2.62 bits per heavy atom. The van der Waals surface area contributed by atoms with Gasteiger partial charge in [0.05, 0.1) is 26.7 Å². The van der Waals surface area contributed by atoms with Gasteiger partial charge in [-0.05, 0) is 51.0 Å². The van der Waals surface area contributed by atoms with Crippen molar-refractivity contribution in [1.29, 1.82) is 0 Å². The van der Waals surface area contributed by atoms with Crippen LogP contribution in [-0.4, -0.2) is 47.5 Å². The van der Waals surface area contributed by atoms with Crippen molar-refractivity contribution in [2.45, 2.75) is 42.8 Å². The molecular weight excluding hydrogens is 386 g/mol. The molecule has 1 aromatic heterocycles. The van der Waals surface area contributed by atoms with Gasteiger partial charge in [-0.2, -0.15) is 0 Å². The number of fused-ring (bicyclic) bond motifs is 1. The normalized spacial score (nSPS) is 17.8. The number of benzene rings is 2. The molecule has 0 spiro atoms. The molecule has 1 saturated heterocycles. The van der Waals surface area contributed by atoms with Crippen LogP contribution in [0.15, 0.2) is 53.4 Å². The summed E-state index contributed by atoms with van der Waals surface area (Å²) in [5.74, 6) is 0.756. The number of nitrogens with zero attached hydrogens (tertiary/aromatic N) is 2. The number of aromatic nitrogens is 2. The highest BCUT2D eigenvalue weighted by Gasteiger charge is 2.31. The van der Waals surface area contributed by atoms with E-state index in [1.807, 2.05) is 24.3 Å². The van der Waals surface area contributed by atoms with Gasteiger partial charge in [-0.15, -0.1) is 0 Å². The molecule has 1 fully saturated rings. The van der Waals surface area contributed by atoms with E-state index >= 15 is 0 Å². The summed E-state index contributed by atoms with van der Waals surface area (Å²) in [7, 11) is -3.54. The molecule has 0 bridgehead atoms. The molecule has 0 saturated carbocycles. The zero-order valence-corrected chi connectivity index (χ0v) is 17.4. The number of nitrogens with one attached hydrogen (secondary N) is 1. The zero-order valence-electron chi connectivity index (χ0n) is 16.6. The van der Waals surface area contributed by atoms with Gasteiger partial charge in [0.1, 0.15) is 5.82 Å². The number of hydrogen-bond acceptors (Lipinski definition) is 4. The molecule has 6 nitrogen and oxygen atoms in total. The molecule has 1 aliphatic rings. The van der Waals surface area contributed by atoms with Crippen LogP contribution in [-0.2, 0) is 9.84 Å². The quantitative estimate of drug-likeness (QED) is 0.708. The van der Waals surface area contributed by atoms with E-state index in [-0.39, 0.29) is 22.3 Å². The number of rotatable bonds is 4. The van der Waals surface area contributed by atoms with E-state index in [9.17, 15) is 13.2 Å². The van der Waals surface area contributed by atoms with Crippen LogP contribution in [0.3, 0.4) is 0 Å². The van der Waals surface area contributed by atoms with E-state index in [1.165, 1.54) is 6.07 Å². The number of carbonyl (C=O) groups excluding carboxylic acids is 1. The fourth-order valence-electron chi connectivity index (χ4n) is 3.87. The van der Waals surface area contributed by atoms with Crippen LogP contribution in [0.2, 0.25) is 0 Å². The van der Waals surface area contributed by atoms with Crippen LogP contribution < -0.4 is 0 Å². The number of carbonyl (C=O) groups is 1. The number of amides is 1. The summed E-state index contributed by atoms with van der Waals surface area (Å²) in [6.45, 7) is 4.41. The molecule has 1 unspecified atom stereocenters. The maximum absolute atomic E-state index is 13.3. The second-order valence-corrected chi connectivity index (χ2v) is 10.3. The molecule has 1 atom stereocenters.